The minimum atomic E-state index is 0.236. The normalized spacial score (nSPS) is 24.7. The van der Waals surface area contributed by atoms with Gasteiger partial charge in [-0.15, -0.1) is 0 Å². The van der Waals surface area contributed by atoms with Crippen LogP contribution >= 0.6 is 0 Å². The number of nitrogens with one attached hydrogen (secondary N) is 1. The number of rotatable bonds is 6. The van der Waals surface area contributed by atoms with Crippen LogP contribution in [0.2, 0.25) is 0 Å². The van der Waals surface area contributed by atoms with E-state index in [1.807, 2.05) is 0 Å². The number of hydrogen-bond donors (Lipinski definition) is 1. The molecular weight excluding hydrogens is 246 g/mol. The summed E-state index contributed by atoms with van der Waals surface area (Å²) < 4.78 is 6.01. The fourth-order valence-electron chi connectivity index (χ4n) is 2.77. The van der Waals surface area contributed by atoms with Gasteiger partial charge in [0.1, 0.15) is 0 Å². The highest BCUT2D eigenvalue weighted by Gasteiger charge is 2.48. The van der Waals surface area contributed by atoms with Crippen molar-refractivity contribution in [3.63, 3.8) is 0 Å². The van der Waals surface area contributed by atoms with Crippen LogP contribution in [0.25, 0.3) is 0 Å². The van der Waals surface area contributed by atoms with Crippen molar-refractivity contribution >= 4 is 0 Å². The van der Waals surface area contributed by atoms with Gasteiger partial charge in [0.15, 0.2) is 0 Å². The second-order valence-corrected chi connectivity index (χ2v) is 7.19. The molecule has 0 aromatic heterocycles. The molecule has 2 nitrogen and oxygen atoms in total. The van der Waals surface area contributed by atoms with Crippen LogP contribution in [0.15, 0.2) is 24.3 Å². The van der Waals surface area contributed by atoms with Crippen LogP contribution in [-0.4, -0.2) is 18.8 Å². The molecule has 0 saturated heterocycles. The van der Waals surface area contributed by atoms with Crippen molar-refractivity contribution in [2.45, 2.75) is 59.7 Å². The molecule has 112 valence electrons. The molecule has 1 aromatic rings. The van der Waals surface area contributed by atoms with Gasteiger partial charge in [-0.25, -0.2) is 0 Å². The Morgan fingerprint density at radius 1 is 1.25 bits per heavy atom. The lowest BCUT2D eigenvalue weighted by atomic mass is 9.64. The van der Waals surface area contributed by atoms with Gasteiger partial charge in [-0.05, 0) is 24.8 Å². The fourth-order valence-corrected chi connectivity index (χ4v) is 2.77. The Kier molecular flexibility index (Phi) is 4.87. The van der Waals surface area contributed by atoms with Crippen LogP contribution in [0.4, 0.5) is 0 Å². The number of ether oxygens (including phenoxy) is 1. The first kappa shape index (κ1) is 15.5. The molecular formula is C18H29NO. The van der Waals surface area contributed by atoms with Gasteiger partial charge >= 0.3 is 0 Å². The van der Waals surface area contributed by atoms with E-state index in [1.165, 1.54) is 11.1 Å². The molecule has 0 bridgehead atoms. The van der Waals surface area contributed by atoms with Gasteiger partial charge in [0.2, 0.25) is 0 Å². The average molecular weight is 275 g/mol. The third-order valence-corrected chi connectivity index (χ3v) is 4.48. The van der Waals surface area contributed by atoms with E-state index in [0.29, 0.717) is 18.1 Å². The zero-order valence-electron chi connectivity index (χ0n) is 13.6. The molecule has 0 amide bonds. The second-order valence-electron chi connectivity index (χ2n) is 7.19. The van der Waals surface area contributed by atoms with Gasteiger partial charge in [0.25, 0.3) is 0 Å². The van der Waals surface area contributed by atoms with Crippen molar-refractivity contribution in [1.82, 2.24) is 5.32 Å². The van der Waals surface area contributed by atoms with Gasteiger partial charge in [0.05, 0.1) is 6.10 Å². The highest BCUT2D eigenvalue weighted by atomic mass is 16.5. The summed E-state index contributed by atoms with van der Waals surface area (Å²) in [7, 11) is 0. The molecule has 1 aliphatic carbocycles. The summed E-state index contributed by atoms with van der Waals surface area (Å²) in [5.41, 5.74) is 2.91. The van der Waals surface area contributed by atoms with Gasteiger partial charge in [-0.2, -0.15) is 0 Å². The minimum absolute atomic E-state index is 0.236. The fraction of sp³-hybridized carbons (Fsp3) is 0.667. The summed E-state index contributed by atoms with van der Waals surface area (Å²) in [6.45, 7) is 13.0. The molecule has 0 aliphatic heterocycles. The van der Waals surface area contributed by atoms with E-state index in [9.17, 15) is 0 Å². The van der Waals surface area contributed by atoms with E-state index in [4.69, 9.17) is 4.74 Å². The molecule has 1 aliphatic rings. The molecule has 20 heavy (non-hydrogen) atoms. The van der Waals surface area contributed by atoms with E-state index in [0.717, 1.165) is 19.6 Å². The van der Waals surface area contributed by atoms with Crippen molar-refractivity contribution < 1.29 is 4.74 Å². The van der Waals surface area contributed by atoms with Crippen LogP contribution in [-0.2, 0) is 11.3 Å². The second kappa shape index (κ2) is 6.28. The van der Waals surface area contributed by atoms with Crippen LogP contribution in [0.5, 0.6) is 0 Å². The van der Waals surface area contributed by atoms with Crippen molar-refractivity contribution in [1.29, 1.82) is 0 Å². The van der Waals surface area contributed by atoms with E-state index >= 15 is 0 Å². The highest BCUT2D eigenvalue weighted by Crippen LogP contribution is 2.43. The van der Waals surface area contributed by atoms with Crippen LogP contribution in [0.1, 0.15) is 45.2 Å². The SMILES string of the molecule is Cc1ccc(CNC2CC(OCC(C)C)C2(C)C)cc1. The molecule has 1 fully saturated rings. The summed E-state index contributed by atoms with van der Waals surface area (Å²) in [4.78, 5) is 0. The maximum absolute atomic E-state index is 6.01. The van der Waals surface area contributed by atoms with Crippen molar-refractivity contribution in [3.8, 4) is 0 Å². The summed E-state index contributed by atoms with van der Waals surface area (Å²) in [5.74, 6) is 0.616. The third kappa shape index (κ3) is 3.62. The molecule has 2 heteroatoms. The quantitative estimate of drug-likeness (QED) is 0.849. The topological polar surface area (TPSA) is 21.3 Å². The largest absolute Gasteiger partial charge is 0.377 e. The predicted molar refractivity (Wildman–Crippen MR) is 84.8 cm³/mol. The van der Waals surface area contributed by atoms with Crippen LogP contribution in [0, 0.1) is 18.3 Å². The Hall–Kier alpha value is -0.860. The molecule has 0 heterocycles. The Labute approximate surface area is 123 Å². The molecule has 2 atom stereocenters. The number of hydrogen-bond acceptors (Lipinski definition) is 2. The zero-order valence-corrected chi connectivity index (χ0v) is 13.6. The lowest BCUT2D eigenvalue weighted by Gasteiger charge is -2.52. The molecule has 1 saturated carbocycles. The Balaban J connectivity index is 1.79. The maximum Gasteiger partial charge on any atom is 0.0656 e. The molecule has 1 aromatic carbocycles. The Bertz CT molecular complexity index is 422. The lowest BCUT2D eigenvalue weighted by molar-refractivity contribution is -0.124. The van der Waals surface area contributed by atoms with E-state index in [-0.39, 0.29) is 5.41 Å². The Morgan fingerprint density at radius 3 is 2.45 bits per heavy atom. The van der Waals surface area contributed by atoms with E-state index in [1.54, 1.807) is 0 Å². The maximum atomic E-state index is 6.01. The Morgan fingerprint density at radius 2 is 1.90 bits per heavy atom. The van der Waals surface area contributed by atoms with Crippen LogP contribution in [0.3, 0.4) is 0 Å². The van der Waals surface area contributed by atoms with E-state index < -0.39 is 0 Å². The first-order chi connectivity index (χ1) is 9.39. The number of aryl methyl sites for hydroxylation is 1. The molecule has 1 N–H and O–H groups in total. The smallest absolute Gasteiger partial charge is 0.0656 e. The zero-order chi connectivity index (χ0) is 14.8. The number of benzene rings is 1. The van der Waals surface area contributed by atoms with Gasteiger partial charge in [-0.3, -0.25) is 0 Å². The van der Waals surface area contributed by atoms with Crippen LogP contribution < -0.4 is 5.32 Å². The molecule has 0 radical (unpaired) electrons. The highest BCUT2D eigenvalue weighted by molar-refractivity contribution is 5.21. The molecule has 0 spiro atoms. The lowest BCUT2D eigenvalue weighted by Crippen LogP contribution is -2.60. The minimum Gasteiger partial charge on any atom is -0.377 e. The summed E-state index contributed by atoms with van der Waals surface area (Å²) in [6.07, 6.45) is 1.53. The first-order valence-corrected chi connectivity index (χ1v) is 7.80. The average Bonchev–Trinajstić information content (AvgIpc) is 2.38. The molecule has 2 rings (SSSR count). The molecule has 2 unspecified atom stereocenters. The summed E-state index contributed by atoms with van der Waals surface area (Å²) in [5, 5.41) is 3.68. The predicted octanol–water partition coefficient (Wildman–Crippen LogP) is 3.92. The van der Waals surface area contributed by atoms with Crippen molar-refractivity contribution in [2.75, 3.05) is 6.61 Å². The van der Waals surface area contributed by atoms with Crippen molar-refractivity contribution in [2.24, 2.45) is 11.3 Å². The van der Waals surface area contributed by atoms with Gasteiger partial charge < -0.3 is 10.1 Å². The first-order valence-electron chi connectivity index (χ1n) is 7.80. The summed E-state index contributed by atoms with van der Waals surface area (Å²) >= 11 is 0. The summed E-state index contributed by atoms with van der Waals surface area (Å²) in [6, 6.07) is 9.33. The van der Waals surface area contributed by atoms with Crippen molar-refractivity contribution in [3.05, 3.63) is 35.4 Å². The van der Waals surface area contributed by atoms with E-state index in [2.05, 4.69) is 64.2 Å². The van der Waals surface area contributed by atoms with Gasteiger partial charge in [0, 0.05) is 24.6 Å². The standard InChI is InChI=1S/C18H29NO/c1-13(2)12-20-17-10-16(18(17,4)5)19-11-15-8-6-14(3)7-9-15/h6-9,13,16-17,19H,10-12H2,1-5H3. The van der Waals surface area contributed by atoms with Gasteiger partial charge in [-0.1, -0.05) is 57.5 Å². The third-order valence-electron chi connectivity index (χ3n) is 4.48. The monoisotopic (exact) mass is 275 g/mol.